The number of aromatic amines is 1. The van der Waals surface area contributed by atoms with E-state index in [1.807, 2.05) is 25.1 Å². The number of rotatable bonds is 3. The van der Waals surface area contributed by atoms with Crippen LogP contribution in [-0.2, 0) is 10.0 Å². The summed E-state index contributed by atoms with van der Waals surface area (Å²) in [5.74, 6) is -0.606. The fraction of sp³-hybridized carbons (Fsp3) is 0.278. The maximum atomic E-state index is 13.0. The molecule has 9 heteroatoms. The van der Waals surface area contributed by atoms with Gasteiger partial charge in [0.05, 0.1) is 10.4 Å². The number of aromatic nitrogens is 1. The van der Waals surface area contributed by atoms with Crippen molar-refractivity contribution in [3.63, 3.8) is 0 Å². The van der Waals surface area contributed by atoms with E-state index in [0.29, 0.717) is 36.7 Å². The first-order chi connectivity index (χ1) is 12.8. The minimum absolute atomic E-state index is 0.116. The van der Waals surface area contributed by atoms with E-state index in [9.17, 15) is 13.2 Å². The molecule has 3 aromatic rings. The lowest BCUT2D eigenvalue weighted by atomic mass is 10.1. The predicted molar refractivity (Wildman–Crippen MR) is 104 cm³/mol. The summed E-state index contributed by atoms with van der Waals surface area (Å²) in [7, 11) is -3.66. The Morgan fingerprint density at radius 2 is 1.81 bits per heavy atom. The monoisotopic (exact) mass is 407 g/mol. The zero-order valence-corrected chi connectivity index (χ0v) is 16.2. The molecular weight excluding hydrogens is 390 g/mol. The van der Waals surface area contributed by atoms with Gasteiger partial charge in [0.1, 0.15) is 0 Å². The van der Waals surface area contributed by atoms with E-state index >= 15 is 0 Å². The molecule has 2 heterocycles. The second kappa shape index (κ2) is 6.70. The molecule has 0 radical (unpaired) electrons. The first-order valence-corrected chi connectivity index (χ1v) is 10.3. The predicted octanol–water partition coefficient (Wildman–Crippen LogP) is 2.59. The molecular formula is C18H18ClN3O4S. The van der Waals surface area contributed by atoms with Crippen LogP contribution >= 0.6 is 11.6 Å². The van der Waals surface area contributed by atoms with Crippen molar-refractivity contribution in [2.75, 3.05) is 31.1 Å². The lowest BCUT2D eigenvalue weighted by Gasteiger charge is -2.36. The molecule has 0 bridgehead atoms. The Balaban J connectivity index is 1.55. The quantitative estimate of drug-likeness (QED) is 0.721. The summed E-state index contributed by atoms with van der Waals surface area (Å²) < 4.78 is 32.3. The number of hydrogen-bond acceptors (Lipinski definition) is 5. The normalized spacial score (nSPS) is 16.1. The molecule has 1 saturated heterocycles. The molecule has 0 unspecified atom stereocenters. The van der Waals surface area contributed by atoms with Crippen molar-refractivity contribution in [3.8, 4) is 0 Å². The molecule has 1 aliphatic rings. The molecule has 0 spiro atoms. The Morgan fingerprint density at radius 3 is 2.56 bits per heavy atom. The molecule has 27 heavy (non-hydrogen) atoms. The first-order valence-electron chi connectivity index (χ1n) is 8.49. The van der Waals surface area contributed by atoms with Crippen molar-refractivity contribution in [1.29, 1.82) is 0 Å². The van der Waals surface area contributed by atoms with Gasteiger partial charge < -0.3 is 9.32 Å². The number of halogens is 1. The Labute approximate surface area is 161 Å². The van der Waals surface area contributed by atoms with Gasteiger partial charge in [0.25, 0.3) is 0 Å². The number of piperazine rings is 1. The number of hydrogen-bond donors (Lipinski definition) is 1. The molecule has 1 N–H and O–H groups in total. The van der Waals surface area contributed by atoms with Crippen LogP contribution in [0.1, 0.15) is 5.56 Å². The number of anilines is 1. The number of nitrogens with one attached hydrogen (secondary N) is 1. The van der Waals surface area contributed by atoms with Crippen LogP contribution < -0.4 is 10.7 Å². The SMILES string of the molecule is Cc1ccc(Cl)cc1N1CCN(S(=O)(=O)c2ccc3[nH]c(=O)oc3c2)CC1. The van der Waals surface area contributed by atoms with Gasteiger partial charge in [-0.1, -0.05) is 17.7 Å². The second-order valence-corrected chi connectivity index (χ2v) is 8.87. The highest BCUT2D eigenvalue weighted by Gasteiger charge is 2.29. The molecule has 1 aromatic heterocycles. The summed E-state index contributed by atoms with van der Waals surface area (Å²) in [4.78, 5) is 16.0. The average Bonchev–Trinajstić information content (AvgIpc) is 3.03. The van der Waals surface area contributed by atoms with Gasteiger partial charge in [0.15, 0.2) is 5.58 Å². The van der Waals surface area contributed by atoms with Gasteiger partial charge in [-0.05, 0) is 36.8 Å². The van der Waals surface area contributed by atoms with Gasteiger partial charge in [0, 0.05) is 43.0 Å². The van der Waals surface area contributed by atoms with Crippen LogP contribution in [0.15, 0.2) is 50.5 Å². The molecule has 0 saturated carbocycles. The smallest absolute Gasteiger partial charge is 0.408 e. The molecule has 2 aromatic carbocycles. The molecule has 0 amide bonds. The summed E-state index contributed by atoms with van der Waals surface area (Å²) in [6.07, 6.45) is 0. The number of oxazole rings is 1. The molecule has 4 rings (SSSR count). The largest absolute Gasteiger partial charge is 0.417 e. The lowest BCUT2D eigenvalue weighted by molar-refractivity contribution is 0.384. The average molecular weight is 408 g/mol. The van der Waals surface area contributed by atoms with Crippen molar-refractivity contribution < 1.29 is 12.8 Å². The third-order valence-corrected chi connectivity index (χ3v) is 6.91. The summed E-state index contributed by atoms with van der Waals surface area (Å²) in [6.45, 7) is 3.88. The van der Waals surface area contributed by atoms with Gasteiger partial charge >= 0.3 is 5.76 Å². The van der Waals surface area contributed by atoms with E-state index in [0.717, 1.165) is 11.3 Å². The van der Waals surface area contributed by atoms with E-state index in [-0.39, 0.29) is 10.5 Å². The second-order valence-electron chi connectivity index (χ2n) is 6.49. The van der Waals surface area contributed by atoms with E-state index in [4.69, 9.17) is 16.0 Å². The van der Waals surface area contributed by atoms with Gasteiger partial charge in [-0.2, -0.15) is 4.31 Å². The summed E-state index contributed by atoms with van der Waals surface area (Å²) in [6, 6.07) is 10.1. The van der Waals surface area contributed by atoms with Gasteiger partial charge in [0.2, 0.25) is 10.0 Å². The lowest BCUT2D eigenvalue weighted by Crippen LogP contribution is -2.48. The number of aryl methyl sites for hydroxylation is 1. The molecule has 7 nitrogen and oxygen atoms in total. The summed E-state index contributed by atoms with van der Waals surface area (Å²) >= 11 is 6.10. The Morgan fingerprint density at radius 1 is 1.07 bits per heavy atom. The summed E-state index contributed by atoms with van der Waals surface area (Å²) in [5.41, 5.74) is 2.83. The number of nitrogens with zero attached hydrogens (tertiary/aromatic N) is 2. The topological polar surface area (TPSA) is 86.6 Å². The third-order valence-electron chi connectivity index (χ3n) is 4.78. The van der Waals surface area contributed by atoms with Crippen LogP contribution in [0.3, 0.4) is 0 Å². The fourth-order valence-corrected chi connectivity index (χ4v) is 4.93. The van der Waals surface area contributed by atoms with Crippen LogP contribution in [0.25, 0.3) is 11.1 Å². The summed E-state index contributed by atoms with van der Waals surface area (Å²) in [5, 5.41) is 0.659. The third kappa shape index (κ3) is 3.36. The number of sulfonamides is 1. The standard InChI is InChI=1S/C18H18ClN3O4S/c1-12-2-3-13(19)10-16(12)21-6-8-22(9-7-21)27(24,25)14-4-5-15-17(11-14)26-18(23)20-15/h2-5,10-11H,6-9H2,1H3,(H,20,23). The zero-order valence-electron chi connectivity index (χ0n) is 14.6. The zero-order chi connectivity index (χ0) is 19.2. The maximum Gasteiger partial charge on any atom is 0.417 e. The van der Waals surface area contributed by atoms with Crippen molar-refractivity contribution in [1.82, 2.24) is 9.29 Å². The van der Waals surface area contributed by atoms with Crippen molar-refractivity contribution >= 4 is 38.4 Å². The molecule has 1 fully saturated rings. The van der Waals surface area contributed by atoms with E-state index in [2.05, 4.69) is 9.88 Å². The highest BCUT2D eigenvalue weighted by molar-refractivity contribution is 7.89. The van der Waals surface area contributed by atoms with Gasteiger partial charge in [-0.15, -0.1) is 0 Å². The first kappa shape index (κ1) is 18.1. The minimum atomic E-state index is -3.66. The van der Waals surface area contributed by atoms with E-state index < -0.39 is 15.8 Å². The van der Waals surface area contributed by atoms with Crippen molar-refractivity contribution in [2.24, 2.45) is 0 Å². The number of benzene rings is 2. The van der Waals surface area contributed by atoms with Crippen LogP contribution in [0, 0.1) is 6.92 Å². The van der Waals surface area contributed by atoms with E-state index in [1.165, 1.54) is 16.4 Å². The Bertz CT molecular complexity index is 1160. The van der Waals surface area contributed by atoms with Crippen LogP contribution in [0.5, 0.6) is 0 Å². The molecule has 0 atom stereocenters. The Kier molecular flexibility index (Phi) is 4.49. The maximum absolute atomic E-state index is 13.0. The van der Waals surface area contributed by atoms with Gasteiger partial charge in [-0.3, -0.25) is 4.98 Å². The van der Waals surface area contributed by atoms with Crippen molar-refractivity contribution in [2.45, 2.75) is 11.8 Å². The number of fused-ring (bicyclic) bond motifs is 1. The minimum Gasteiger partial charge on any atom is -0.408 e. The molecule has 142 valence electrons. The van der Waals surface area contributed by atoms with Crippen LogP contribution in [0.2, 0.25) is 5.02 Å². The fourth-order valence-electron chi connectivity index (χ4n) is 3.33. The Hall–Kier alpha value is -2.29. The van der Waals surface area contributed by atoms with Crippen LogP contribution in [0.4, 0.5) is 5.69 Å². The van der Waals surface area contributed by atoms with E-state index in [1.54, 1.807) is 6.07 Å². The molecule has 0 aliphatic carbocycles. The highest BCUT2D eigenvalue weighted by Crippen LogP contribution is 2.27. The number of H-pyrrole nitrogens is 1. The molecule has 1 aliphatic heterocycles. The van der Waals surface area contributed by atoms with Crippen molar-refractivity contribution in [3.05, 3.63) is 57.5 Å². The van der Waals surface area contributed by atoms with Crippen LogP contribution in [-0.4, -0.2) is 43.9 Å². The highest BCUT2D eigenvalue weighted by atomic mass is 35.5. The van der Waals surface area contributed by atoms with Gasteiger partial charge in [-0.25, -0.2) is 13.2 Å².